The van der Waals surface area contributed by atoms with Crippen molar-refractivity contribution in [2.24, 2.45) is 0 Å². The van der Waals surface area contributed by atoms with Crippen molar-refractivity contribution in [3.8, 4) is 0 Å². The zero-order chi connectivity index (χ0) is 17.3. The second-order valence-corrected chi connectivity index (χ2v) is 6.61. The number of carbonyl (C=O) groups excluding carboxylic acids is 2. The van der Waals surface area contributed by atoms with E-state index in [2.05, 4.69) is 5.32 Å². The summed E-state index contributed by atoms with van der Waals surface area (Å²) in [7, 11) is 0. The second-order valence-electron chi connectivity index (χ2n) is 5.51. The Balaban J connectivity index is 1.69. The van der Waals surface area contributed by atoms with E-state index >= 15 is 0 Å². The standard InChI is InChI=1S/C16H15FN2O4S/c17-7-10-8-24-15-12(14(21)19(15)13(10)16(22)23)18-11(20)6-9-4-2-1-3-5-9/h1-5,12,15H,6-8H2,(H,18,20)(H,22,23)/t12?,15-/m0/s1. The van der Waals surface area contributed by atoms with Crippen LogP contribution in [0.5, 0.6) is 0 Å². The summed E-state index contributed by atoms with van der Waals surface area (Å²) in [5.74, 6) is -1.96. The number of hydrogen-bond acceptors (Lipinski definition) is 4. The molecule has 1 aromatic rings. The number of benzene rings is 1. The van der Waals surface area contributed by atoms with Crippen molar-refractivity contribution >= 4 is 29.5 Å². The summed E-state index contributed by atoms with van der Waals surface area (Å²) < 4.78 is 12.9. The number of halogens is 1. The van der Waals surface area contributed by atoms with Crippen molar-refractivity contribution in [2.75, 3.05) is 12.4 Å². The Morgan fingerprint density at radius 1 is 1.33 bits per heavy atom. The number of alkyl halides is 1. The number of amides is 2. The number of carboxylic acids is 1. The van der Waals surface area contributed by atoms with E-state index in [4.69, 9.17) is 0 Å². The molecule has 2 aliphatic rings. The lowest BCUT2D eigenvalue weighted by Crippen LogP contribution is -2.70. The minimum Gasteiger partial charge on any atom is -0.477 e. The van der Waals surface area contributed by atoms with Crippen molar-refractivity contribution in [2.45, 2.75) is 17.8 Å². The van der Waals surface area contributed by atoms with Gasteiger partial charge in [0.25, 0.3) is 5.91 Å². The van der Waals surface area contributed by atoms with Gasteiger partial charge in [-0.2, -0.15) is 0 Å². The van der Waals surface area contributed by atoms with Gasteiger partial charge in [0.2, 0.25) is 5.91 Å². The molecule has 126 valence electrons. The first kappa shape index (κ1) is 16.5. The van der Waals surface area contributed by atoms with E-state index < -0.39 is 30.0 Å². The molecule has 3 rings (SSSR count). The van der Waals surface area contributed by atoms with Crippen LogP contribution < -0.4 is 5.32 Å². The molecule has 1 fully saturated rings. The van der Waals surface area contributed by atoms with Crippen LogP contribution in [-0.4, -0.2) is 51.6 Å². The highest BCUT2D eigenvalue weighted by atomic mass is 32.2. The summed E-state index contributed by atoms with van der Waals surface area (Å²) in [6, 6.07) is 8.32. The third-order valence-corrected chi connectivity index (χ3v) is 5.27. The molecule has 0 spiro atoms. The highest BCUT2D eigenvalue weighted by Gasteiger charge is 2.54. The average Bonchev–Trinajstić information content (AvgIpc) is 2.58. The van der Waals surface area contributed by atoms with E-state index in [9.17, 15) is 23.9 Å². The number of hydrogen-bond donors (Lipinski definition) is 2. The third kappa shape index (κ3) is 2.89. The van der Waals surface area contributed by atoms with Crippen molar-refractivity contribution in [3.05, 3.63) is 47.2 Å². The quantitative estimate of drug-likeness (QED) is 0.772. The van der Waals surface area contributed by atoms with Gasteiger partial charge in [0.05, 0.1) is 6.42 Å². The molecule has 2 N–H and O–H groups in total. The van der Waals surface area contributed by atoms with E-state index in [0.29, 0.717) is 0 Å². The predicted molar refractivity (Wildman–Crippen MR) is 85.8 cm³/mol. The van der Waals surface area contributed by atoms with Gasteiger partial charge in [-0.3, -0.25) is 14.5 Å². The van der Waals surface area contributed by atoms with Gasteiger partial charge < -0.3 is 10.4 Å². The smallest absolute Gasteiger partial charge is 0.352 e. The molecule has 0 aliphatic carbocycles. The topological polar surface area (TPSA) is 86.7 Å². The molecule has 2 heterocycles. The van der Waals surface area contributed by atoms with Crippen molar-refractivity contribution in [1.29, 1.82) is 0 Å². The molecular formula is C16H15FN2O4S. The summed E-state index contributed by atoms with van der Waals surface area (Å²) >= 11 is 1.26. The largest absolute Gasteiger partial charge is 0.477 e. The summed E-state index contributed by atoms with van der Waals surface area (Å²) in [6.45, 7) is -0.907. The van der Waals surface area contributed by atoms with E-state index in [0.717, 1.165) is 10.5 Å². The summed E-state index contributed by atoms with van der Waals surface area (Å²) in [6.07, 6.45) is 0.138. The lowest BCUT2D eigenvalue weighted by atomic mass is 10.0. The van der Waals surface area contributed by atoms with Crippen LogP contribution in [0.3, 0.4) is 0 Å². The number of aliphatic carboxylic acids is 1. The molecule has 1 unspecified atom stereocenters. The molecule has 2 aliphatic heterocycles. The minimum atomic E-state index is -1.32. The Morgan fingerprint density at radius 2 is 2.04 bits per heavy atom. The molecule has 0 bridgehead atoms. The number of carbonyl (C=O) groups is 3. The van der Waals surface area contributed by atoms with Gasteiger partial charge >= 0.3 is 5.97 Å². The van der Waals surface area contributed by atoms with Crippen LogP contribution in [0, 0.1) is 0 Å². The highest BCUT2D eigenvalue weighted by molar-refractivity contribution is 8.00. The molecule has 6 nitrogen and oxygen atoms in total. The van der Waals surface area contributed by atoms with Gasteiger partial charge in [-0.1, -0.05) is 30.3 Å². The Kier molecular flexibility index (Phi) is 4.57. The van der Waals surface area contributed by atoms with Gasteiger partial charge in [-0.25, -0.2) is 9.18 Å². The van der Waals surface area contributed by atoms with Gasteiger partial charge in [0, 0.05) is 11.3 Å². The van der Waals surface area contributed by atoms with E-state index in [1.807, 2.05) is 30.3 Å². The first-order chi connectivity index (χ1) is 11.5. The maximum atomic E-state index is 12.9. The van der Waals surface area contributed by atoms with Gasteiger partial charge in [-0.05, 0) is 5.56 Å². The summed E-state index contributed by atoms with van der Waals surface area (Å²) in [4.78, 5) is 36.7. The molecule has 0 aromatic heterocycles. The maximum absolute atomic E-state index is 12.9. The van der Waals surface area contributed by atoms with Gasteiger partial charge in [0.15, 0.2) is 0 Å². The van der Waals surface area contributed by atoms with Crippen LogP contribution >= 0.6 is 11.8 Å². The predicted octanol–water partition coefficient (Wildman–Crippen LogP) is 0.937. The zero-order valence-corrected chi connectivity index (χ0v) is 13.4. The van der Waals surface area contributed by atoms with Crippen LogP contribution in [0.1, 0.15) is 5.56 Å². The van der Waals surface area contributed by atoms with Gasteiger partial charge in [-0.15, -0.1) is 11.8 Å². The Morgan fingerprint density at radius 3 is 2.67 bits per heavy atom. The number of thioether (sulfide) groups is 1. The Hall–Kier alpha value is -2.35. The van der Waals surface area contributed by atoms with E-state index in [-0.39, 0.29) is 29.4 Å². The van der Waals surface area contributed by atoms with Crippen molar-refractivity contribution < 1.29 is 23.9 Å². The van der Waals surface area contributed by atoms with E-state index in [1.165, 1.54) is 11.8 Å². The molecule has 8 heteroatoms. The fourth-order valence-electron chi connectivity index (χ4n) is 2.79. The van der Waals surface area contributed by atoms with Crippen LogP contribution in [0.25, 0.3) is 0 Å². The summed E-state index contributed by atoms with van der Waals surface area (Å²) in [5, 5.41) is 11.4. The second kappa shape index (κ2) is 6.64. The third-order valence-electron chi connectivity index (χ3n) is 3.94. The highest BCUT2D eigenvalue weighted by Crippen LogP contribution is 2.40. The lowest BCUT2D eigenvalue weighted by molar-refractivity contribution is -0.150. The van der Waals surface area contributed by atoms with Crippen LogP contribution in [0.2, 0.25) is 0 Å². The summed E-state index contributed by atoms with van der Waals surface area (Å²) in [5.41, 5.74) is 0.617. The van der Waals surface area contributed by atoms with Crippen LogP contribution in [0.4, 0.5) is 4.39 Å². The SMILES string of the molecule is O=C(Cc1ccccc1)NC1C(=O)N2C(C(=O)O)=C(CF)CS[C@@H]12. The molecule has 24 heavy (non-hydrogen) atoms. The monoisotopic (exact) mass is 350 g/mol. The fourth-order valence-corrected chi connectivity index (χ4v) is 4.11. The normalized spacial score (nSPS) is 22.7. The molecular weight excluding hydrogens is 335 g/mol. The molecule has 0 saturated carbocycles. The molecule has 0 radical (unpaired) electrons. The average molecular weight is 350 g/mol. The van der Waals surface area contributed by atoms with Crippen molar-refractivity contribution in [3.63, 3.8) is 0 Å². The first-order valence-electron chi connectivity index (χ1n) is 7.32. The molecule has 1 saturated heterocycles. The maximum Gasteiger partial charge on any atom is 0.352 e. The molecule has 2 amide bonds. The molecule has 1 aromatic carbocycles. The van der Waals surface area contributed by atoms with Crippen LogP contribution in [0.15, 0.2) is 41.6 Å². The number of nitrogens with zero attached hydrogens (tertiary/aromatic N) is 1. The van der Waals surface area contributed by atoms with E-state index in [1.54, 1.807) is 0 Å². The minimum absolute atomic E-state index is 0.0890. The first-order valence-corrected chi connectivity index (χ1v) is 8.37. The number of nitrogens with one attached hydrogen (secondary N) is 1. The number of rotatable bonds is 5. The van der Waals surface area contributed by atoms with Crippen molar-refractivity contribution in [1.82, 2.24) is 10.2 Å². The zero-order valence-electron chi connectivity index (χ0n) is 12.6. The fraction of sp³-hybridized carbons (Fsp3) is 0.312. The molecule has 2 atom stereocenters. The lowest BCUT2D eigenvalue weighted by Gasteiger charge is -2.49. The Bertz CT molecular complexity index is 722. The number of β-lactam (4-membered cyclic amide) rings is 1. The van der Waals surface area contributed by atoms with Gasteiger partial charge in [0.1, 0.15) is 23.8 Å². The van der Waals surface area contributed by atoms with Crippen LogP contribution in [-0.2, 0) is 20.8 Å². The Labute approximate surface area is 141 Å². The number of carboxylic acid groups (broad SMARTS) is 1. The number of fused-ring (bicyclic) bond motifs is 1.